The van der Waals surface area contributed by atoms with Gasteiger partial charge in [-0.1, -0.05) is 11.6 Å². The quantitative estimate of drug-likeness (QED) is 0.695. The van der Waals surface area contributed by atoms with Crippen LogP contribution in [0.5, 0.6) is 0 Å². The van der Waals surface area contributed by atoms with Crippen molar-refractivity contribution in [2.45, 2.75) is 19.5 Å². The van der Waals surface area contributed by atoms with Gasteiger partial charge in [-0.2, -0.15) is 0 Å². The van der Waals surface area contributed by atoms with Crippen LogP contribution in [0.1, 0.15) is 16.8 Å². The SMILES string of the molecule is Nc1ccc(-c2nc3c(c(=O)[nH]2)CN(Cc2cncc(Cl)c2)CC3)cc1. The molecule has 0 saturated heterocycles. The number of rotatable bonds is 3. The molecule has 0 spiro atoms. The van der Waals surface area contributed by atoms with Crippen LogP contribution in [-0.4, -0.2) is 26.4 Å². The van der Waals surface area contributed by atoms with Gasteiger partial charge in [-0.15, -0.1) is 0 Å². The van der Waals surface area contributed by atoms with E-state index in [9.17, 15) is 4.79 Å². The molecule has 0 radical (unpaired) electrons. The summed E-state index contributed by atoms with van der Waals surface area (Å²) < 4.78 is 0. The van der Waals surface area contributed by atoms with Crippen molar-refractivity contribution in [3.05, 3.63) is 74.9 Å². The molecule has 0 bridgehead atoms. The molecule has 2 aromatic heterocycles. The molecule has 0 amide bonds. The van der Waals surface area contributed by atoms with Crippen LogP contribution in [0.25, 0.3) is 11.4 Å². The van der Waals surface area contributed by atoms with Gasteiger partial charge in [0.05, 0.1) is 16.3 Å². The zero-order valence-corrected chi connectivity index (χ0v) is 14.8. The summed E-state index contributed by atoms with van der Waals surface area (Å²) in [5.41, 5.74) is 9.79. The number of pyridine rings is 1. The first kappa shape index (κ1) is 16.8. The maximum Gasteiger partial charge on any atom is 0.255 e. The van der Waals surface area contributed by atoms with Crippen molar-refractivity contribution in [2.24, 2.45) is 0 Å². The number of nitrogens with two attached hydrogens (primary N) is 1. The Morgan fingerprint density at radius 1 is 1.23 bits per heavy atom. The zero-order valence-electron chi connectivity index (χ0n) is 14.1. The van der Waals surface area contributed by atoms with Gasteiger partial charge in [0, 0.05) is 49.7 Å². The molecule has 7 heteroatoms. The molecular weight excluding hydrogens is 350 g/mol. The molecule has 3 N–H and O–H groups in total. The van der Waals surface area contributed by atoms with Crippen LogP contribution in [0.3, 0.4) is 0 Å². The highest BCUT2D eigenvalue weighted by atomic mass is 35.5. The number of anilines is 1. The van der Waals surface area contributed by atoms with Gasteiger partial charge >= 0.3 is 0 Å². The molecule has 0 atom stereocenters. The molecule has 1 aliphatic heterocycles. The van der Waals surface area contributed by atoms with Crippen molar-refractivity contribution in [3.63, 3.8) is 0 Å². The number of nitrogens with zero attached hydrogens (tertiary/aromatic N) is 3. The highest BCUT2D eigenvalue weighted by molar-refractivity contribution is 6.30. The predicted molar refractivity (Wildman–Crippen MR) is 102 cm³/mol. The third kappa shape index (κ3) is 3.47. The van der Waals surface area contributed by atoms with E-state index >= 15 is 0 Å². The van der Waals surface area contributed by atoms with Crippen molar-refractivity contribution in [1.82, 2.24) is 19.9 Å². The lowest BCUT2D eigenvalue weighted by molar-refractivity contribution is 0.241. The maximum absolute atomic E-state index is 12.6. The Morgan fingerprint density at radius 2 is 2.04 bits per heavy atom. The average molecular weight is 368 g/mol. The summed E-state index contributed by atoms with van der Waals surface area (Å²) >= 11 is 6.00. The largest absolute Gasteiger partial charge is 0.399 e. The number of hydrogen-bond acceptors (Lipinski definition) is 5. The van der Waals surface area contributed by atoms with Crippen molar-refractivity contribution < 1.29 is 0 Å². The van der Waals surface area contributed by atoms with E-state index in [1.165, 1.54) is 0 Å². The predicted octanol–water partition coefficient (Wildman–Crippen LogP) is 2.63. The Hall–Kier alpha value is -2.70. The number of benzene rings is 1. The lowest BCUT2D eigenvalue weighted by Gasteiger charge is -2.27. The van der Waals surface area contributed by atoms with E-state index in [2.05, 4.69) is 19.9 Å². The van der Waals surface area contributed by atoms with E-state index < -0.39 is 0 Å². The van der Waals surface area contributed by atoms with Crippen molar-refractivity contribution in [2.75, 3.05) is 12.3 Å². The van der Waals surface area contributed by atoms with Crippen LogP contribution < -0.4 is 11.3 Å². The van der Waals surface area contributed by atoms with Gasteiger partial charge in [-0.05, 0) is 35.9 Å². The van der Waals surface area contributed by atoms with Gasteiger partial charge in [-0.25, -0.2) is 4.98 Å². The maximum atomic E-state index is 12.6. The second-order valence-corrected chi connectivity index (χ2v) is 6.87. The van der Waals surface area contributed by atoms with Crippen LogP contribution in [-0.2, 0) is 19.5 Å². The van der Waals surface area contributed by atoms with Gasteiger partial charge in [0.1, 0.15) is 5.82 Å². The summed E-state index contributed by atoms with van der Waals surface area (Å²) in [7, 11) is 0. The van der Waals surface area contributed by atoms with Gasteiger partial charge in [0.25, 0.3) is 5.56 Å². The molecular formula is C19H18ClN5O. The Morgan fingerprint density at radius 3 is 2.81 bits per heavy atom. The summed E-state index contributed by atoms with van der Waals surface area (Å²) in [5.74, 6) is 0.584. The minimum Gasteiger partial charge on any atom is -0.399 e. The first-order chi connectivity index (χ1) is 12.6. The second kappa shape index (κ2) is 6.90. The molecule has 6 nitrogen and oxygen atoms in total. The van der Waals surface area contributed by atoms with Crippen molar-refractivity contribution in [3.8, 4) is 11.4 Å². The summed E-state index contributed by atoms with van der Waals surface area (Å²) in [6.45, 7) is 2.09. The molecule has 0 saturated carbocycles. The number of halogens is 1. The number of aromatic amines is 1. The van der Waals surface area contributed by atoms with Crippen molar-refractivity contribution >= 4 is 17.3 Å². The van der Waals surface area contributed by atoms with Gasteiger partial charge in [0.2, 0.25) is 0 Å². The fraction of sp³-hybridized carbons (Fsp3) is 0.211. The van der Waals surface area contributed by atoms with Gasteiger partial charge in [0.15, 0.2) is 0 Å². The molecule has 0 aliphatic carbocycles. The number of hydrogen-bond donors (Lipinski definition) is 2. The van der Waals surface area contributed by atoms with E-state index in [-0.39, 0.29) is 5.56 Å². The molecule has 3 heterocycles. The second-order valence-electron chi connectivity index (χ2n) is 6.43. The molecule has 0 unspecified atom stereocenters. The van der Waals surface area contributed by atoms with E-state index in [1.54, 1.807) is 24.5 Å². The number of nitrogens with one attached hydrogen (secondary N) is 1. The Kier molecular flexibility index (Phi) is 4.44. The minimum absolute atomic E-state index is 0.0873. The summed E-state index contributed by atoms with van der Waals surface area (Å²) in [4.78, 5) is 26.5. The molecule has 26 heavy (non-hydrogen) atoms. The smallest absolute Gasteiger partial charge is 0.255 e. The first-order valence-electron chi connectivity index (χ1n) is 8.38. The molecule has 0 fully saturated rings. The summed E-state index contributed by atoms with van der Waals surface area (Å²) in [5, 5.41) is 0.618. The summed E-state index contributed by atoms with van der Waals surface area (Å²) in [6.07, 6.45) is 4.15. The van der Waals surface area contributed by atoms with Crippen LogP contribution in [0, 0.1) is 0 Å². The fourth-order valence-corrected chi connectivity index (χ4v) is 3.39. The normalized spacial score (nSPS) is 14.2. The first-order valence-corrected chi connectivity index (χ1v) is 8.76. The number of fused-ring (bicyclic) bond motifs is 1. The van der Waals surface area contributed by atoms with E-state index in [4.69, 9.17) is 17.3 Å². The third-order valence-corrected chi connectivity index (χ3v) is 4.71. The highest BCUT2D eigenvalue weighted by Gasteiger charge is 2.21. The average Bonchev–Trinajstić information content (AvgIpc) is 2.63. The lowest BCUT2D eigenvalue weighted by atomic mass is 10.1. The highest BCUT2D eigenvalue weighted by Crippen LogP contribution is 2.21. The Balaban J connectivity index is 1.58. The van der Waals surface area contributed by atoms with Crippen LogP contribution >= 0.6 is 11.6 Å². The molecule has 132 valence electrons. The molecule has 1 aliphatic rings. The monoisotopic (exact) mass is 367 g/mol. The number of aromatic nitrogens is 3. The zero-order chi connectivity index (χ0) is 18.1. The summed E-state index contributed by atoms with van der Waals surface area (Å²) in [6, 6.07) is 9.23. The number of nitrogen functional groups attached to an aromatic ring is 1. The molecule has 1 aromatic carbocycles. The molecule has 3 aromatic rings. The van der Waals surface area contributed by atoms with E-state index in [0.717, 1.165) is 35.3 Å². The topological polar surface area (TPSA) is 87.9 Å². The Labute approximate surface area is 155 Å². The number of H-pyrrole nitrogens is 1. The van der Waals surface area contributed by atoms with Gasteiger partial charge in [-0.3, -0.25) is 14.7 Å². The minimum atomic E-state index is -0.0873. The third-order valence-electron chi connectivity index (χ3n) is 4.50. The van der Waals surface area contributed by atoms with Crippen LogP contribution in [0.15, 0.2) is 47.5 Å². The van der Waals surface area contributed by atoms with Crippen LogP contribution in [0.2, 0.25) is 5.02 Å². The van der Waals surface area contributed by atoms with E-state index in [0.29, 0.717) is 29.6 Å². The fourth-order valence-electron chi connectivity index (χ4n) is 3.19. The van der Waals surface area contributed by atoms with Gasteiger partial charge < -0.3 is 10.7 Å². The van der Waals surface area contributed by atoms with Crippen LogP contribution in [0.4, 0.5) is 5.69 Å². The van der Waals surface area contributed by atoms with E-state index in [1.807, 2.05) is 18.2 Å². The van der Waals surface area contributed by atoms with Crippen molar-refractivity contribution in [1.29, 1.82) is 0 Å². The lowest BCUT2D eigenvalue weighted by Crippen LogP contribution is -2.35. The molecule has 4 rings (SSSR count). The Bertz CT molecular complexity index is 1000. The standard InChI is InChI=1S/C19H18ClN5O/c20-14-7-12(8-22-9-14)10-25-6-5-17-16(11-25)19(26)24-18(23-17)13-1-3-15(21)4-2-13/h1-4,7-9H,5-6,10-11,21H2,(H,23,24,26).